The molecule has 1 rings (SSSR count). The van der Waals surface area contributed by atoms with Gasteiger partial charge in [0.25, 0.3) is 0 Å². The van der Waals surface area contributed by atoms with Crippen LogP contribution >= 0.6 is 0 Å². The molecule has 0 saturated carbocycles. The van der Waals surface area contributed by atoms with E-state index in [2.05, 4.69) is 0 Å². The molecule has 2 nitrogen and oxygen atoms in total. The molecule has 8 heteroatoms. The number of amides is 1. The summed E-state index contributed by atoms with van der Waals surface area (Å²) in [4.78, 5) is 10.5. The van der Waals surface area contributed by atoms with E-state index in [1.54, 1.807) is 0 Å². The molecule has 1 amide bonds. The number of nitrogens with two attached hydrogens (primary N) is 1. The number of primary amides is 1. The second-order valence-corrected chi connectivity index (χ2v) is 3.07. The summed E-state index contributed by atoms with van der Waals surface area (Å²) in [5.41, 5.74) is 3.50. The molecule has 0 aliphatic rings. The van der Waals surface area contributed by atoms with Gasteiger partial charge < -0.3 is 18.7 Å². The van der Waals surface area contributed by atoms with Gasteiger partial charge in [0.15, 0.2) is 0 Å². The molecule has 16 heavy (non-hydrogen) atoms. The van der Waals surface area contributed by atoms with Gasteiger partial charge in [0.05, 0.1) is 6.42 Å². The van der Waals surface area contributed by atoms with Crippen LogP contribution in [0.5, 0.6) is 0 Å². The minimum Gasteiger partial charge on any atom is -0.445 e. The molecule has 0 saturated heterocycles. The Morgan fingerprint density at radius 1 is 1.31 bits per heavy atom. The van der Waals surface area contributed by atoms with Crippen LogP contribution in [0.15, 0.2) is 18.2 Å². The SMILES string of the molecule is NC(=O)Cc1cc([B-](F)(F)F)ccc1F.[K+]. The Balaban J connectivity index is 0.00000225. The van der Waals surface area contributed by atoms with Gasteiger partial charge in [0, 0.05) is 0 Å². The van der Waals surface area contributed by atoms with Crippen LogP contribution in [0.1, 0.15) is 5.56 Å². The Kier molecular flexibility index (Phi) is 6.20. The van der Waals surface area contributed by atoms with Gasteiger partial charge in [-0.3, -0.25) is 4.79 Å². The number of halogens is 4. The Labute approximate surface area is 132 Å². The zero-order valence-corrected chi connectivity index (χ0v) is 11.6. The van der Waals surface area contributed by atoms with Crippen LogP contribution in [-0.4, -0.2) is 12.9 Å². The van der Waals surface area contributed by atoms with E-state index in [-0.39, 0.29) is 56.9 Å². The van der Waals surface area contributed by atoms with Gasteiger partial charge in [-0.25, -0.2) is 4.39 Å². The molecule has 0 heterocycles. The zero-order chi connectivity index (χ0) is 11.6. The molecule has 1 aromatic carbocycles. The van der Waals surface area contributed by atoms with Crippen molar-refractivity contribution in [3.05, 3.63) is 29.6 Å². The first-order valence-corrected chi connectivity index (χ1v) is 4.07. The monoisotopic (exact) mass is 259 g/mol. The zero-order valence-electron chi connectivity index (χ0n) is 8.51. The fraction of sp³-hybridized carbons (Fsp3) is 0.125. The first-order valence-electron chi connectivity index (χ1n) is 4.07. The molecule has 0 aromatic heterocycles. The summed E-state index contributed by atoms with van der Waals surface area (Å²) in [5.74, 6) is -1.74. The molecule has 0 fully saturated rings. The van der Waals surface area contributed by atoms with Crippen LogP contribution in [0.2, 0.25) is 0 Å². The molecule has 0 aliphatic carbocycles. The molecular formula is C8H7BF4KNO. The average molecular weight is 259 g/mol. The number of benzene rings is 1. The molecule has 2 N–H and O–H groups in total. The van der Waals surface area contributed by atoms with Crippen molar-refractivity contribution in [1.82, 2.24) is 0 Å². The van der Waals surface area contributed by atoms with Crippen LogP contribution in [0.3, 0.4) is 0 Å². The van der Waals surface area contributed by atoms with Gasteiger partial charge in [-0.05, 0) is 11.6 Å². The van der Waals surface area contributed by atoms with E-state index in [4.69, 9.17) is 5.73 Å². The smallest absolute Gasteiger partial charge is 0.445 e. The van der Waals surface area contributed by atoms with Crippen molar-refractivity contribution in [2.24, 2.45) is 5.73 Å². The third-order valence-electron chi connectivity index (χ3n) is 1.81. The number of carbonyl (C=O) groups excluding carboxylic acids is 1. The average Bonchev–Trinajstić information content (AvgIpc) is 2.06. The standard InChI is InChI=1S/C8H7BF4NO.K/c10-7-2-1-6(9(11,12)13)3-5(7)4-8(14)15;/h1-3H,4H2,(H2,14,15);/q-1;+1. The summed E-state index contributed by atoms with van der Waals surface area (Å²) in [6.45, 7) is -5.19. The van der Waals surface area contributed by atoms with Gasteiger partial charge in [-0.15, -0.1) is 5.46 Å². The fourth-order valence-electron chi connectivity index (χ4n) is 1.12. The van der Waals surface area contributed by atoms with Crippen LogP contribution in [0, 0.1) is 5.82 Å². The maximum Gasteiger partial charge on any atom is 1.00 e. The number of carbonyl (C=O) groups is 1. The molecule has 1 aromatic rings. The summed E-state index contributed by atoms with van der Waals surface area (Å²) in [5, 5.41) is 0. The normalized spacial score (nSPS) is 10.8. The summed E-state index contributed by atoms with van der Waals surface area (Å²) in [6.07, 6.45) is -0.536. The predicted octanol–water partition coefficient (Wildman–Crippen LogP) is -2.09. The van der Waals surface area contributed by atoms with E-state index < -0.39 is 30.6 Å². The Morgan fingerprint density at radius 3 is 2.31 bits per heavy atom. The van der Waals surface area contributed by atoms with Gasteiger partial charge >= 0.3 is 58.4 Å². The first kappa shape index (κ1) is 16.1. The van der Waals surface area contributed by atoms with Crippen LogP contribution in [0.4, 0.5) is 17.3 Å². The van der Waals surface area contributed by atoms with E-state index in [0.717, 1.165) is 0 Å². The maximum absolute atomic E-state index is 12.9. The molecule has 0 spiro atoms. The summed E-state index contributed by atoms with van der Waals surface area (Å²) >= 11 is 0. The number of hydrogen-bond acceptors (Lipinski definition) is 1. The molecule has 0 bridgehead atoms. The Bertz CT molecular complexity index is 396. The van der Waals surface area contributed by atoms with Crippen molar-refractivity contribution in [3.8, 4) is 0 Å². The number of rotatable bonds is 3. The largest absolute Gasteiger partial charge is 1.00 e. The minimum absolute atomic E-state index is 0. The second-order valence-electron chi connectivity index (χ2n) is 3.07. The first-order chi connectivity index (χ1) is 6.80. The van der Waals surface area contributed by atoms with Crippen molar-refractivity contribution < 1.29 is 73.5 Å². The van der Waals surface area contributed by atoms with Gasteiger partial charge in [0.1, 0.15) is 5.82 Å². The molecule has 82 valence electrons. The summed E-state index contributed by atoms with van der Waals surface area (Å²) in [7, 11) is 0. The molecular weight excluding hydrogens is 252 g/mol. The molecule has 0 unspecified atom stereocenters. The van der Waals surface area contributed by atoms with Crippen LogP contribution in [0.25, 0.3) is 0 Å². The number of hydrogen-bond donors (Lipinski definition) is 1. The predicted molar refractivity (Wildman–Crippen MR) is 48.0 cm³/mol. The Morgan fingerprint density at radius 2 is 1.88 bits per heavy atom. The van der Waals surface area contributed by atoms with Gasteiger partial charge in [0.2, 0.25) is 5.91 Å². The van der Waals surface area contributed by atoms with Crippen molar-refractivity contribution in [1.29, 1.82) is 0 Å². The van der Waals surface area contributed by atoms with Gasteiger partial charge in [-0.1, -0.05) is 12.1 Å². The second kappa shape index (κ2) is 6.15. The van der Waals surface area contributed by atoms with Crippen molar-refractivity contribution in [2.45, 2.75) is 6.42 Å². The van der Waals surface area contributed by atoms with E-state index in [0.29, 0.717) is 18.2 Å². The Hall–Kier alpha value is 0.111. The van der Waals surface area contributed by atoms with Crippen molar-refractivity contribution in [2.75, 3.05) is 0 Å². The van der Waals surface area contributed by atoms with E-state index in [9.17, 15) is 22.1 Å². The van der Waals surface area contributed by atoms with E-state index in [1.807, 2.05) is 0 Å². The third kappa shape index (κ3) is 4.54. The fourth-order valence-corrected chi connectivity index (χ4v) is 1.12. The van der Waals surface area contributed by atoms with Gasteiger partial charge in [-0.2, -0.15) is 0 Å². The molecule has 0 atom stereocenters. The molecule has 0 radical (unpaired) electrons. The van der Waals surface area contributed by atoms with Crippen molar-refractivity contribution in [3.63, 3.8) is 0 Å². The summed E-state index contributed by atoms with van der Waals surface area (Å²) in [6, 6.07) is 1.93. The quantitative estimate of drug-likeness (QED) is 0.491. The van der Waals surface area contributed by atoms with Crippen molar-refractivity contribution >= 4 is 18.3 Å². The van der Waals surface area contributed by atoms with Crippen LogP contribution < -0.4 is 62.6 Å². The summed E-state index contributed by atoms with van der Waals surface area (Å²) < 4.78 is 49.7. The van der Waals surface area contributed by atoms with E-state index >= 15 is 0 Å². The third-order valence-corrected chi connectivity index (χ3v) is 1.81. The van der Waals surface area contributed by atoms with Crippen LogP contribution in [-0.2, 0) is 11.2 Å². The maximum atomic E-state index is 12.9. The topological polar surface area (TPSA) is 43.1 Å². The van der Waals surface area contributed by atoms with E-state index in [1.165, 1.54) is 0 Å². The molecule has 0 aliphatic heterocycles. The minimum atomic E-state index is -5.19.